The molecule has 0 atom stereocenters. The van der Waals surface area contributed by atoms with E-state index in [9.17, 15) is 4.79 Å². The number of ether oxygens (including phenoxy) is 2. The zero-order chi connectivity index (χ0) is 16.4. The van der Waals surface area contributed by atoms with Crippen LogP contribution in [-0.2, 0) is 6.54 Å². The van der Waals surface area contributed by atoms with Crippen molar-refractivity contribution in [1.29, 1.82) is 0 Å². The molecule has 0 aliphatic carbocycles. The average molecular weight is 324 g/mol. The lowest BCUT2D eigenvalue weighted by Crippen LogP contribution is -2.23. The Balaban J connectivity index is 1.42. The largest absolute Gasteiger partial charge is 0.454 e. The van der Waals surface area contributed by atoms with Crippen LogP contribution in [-0.4, -0.2) is 37.8 Å². The molecule has 9 nitrogen and oxygen atoms in total. The van der Waals surface area contributed by atoms with E-state index in [0.29, 0.717) is 34.4 Å². The Morgan fingerprint density at radius 1 is 1.25 bits per heavy atom. The number of nitrogens with one attached hydrogen (secondary N) is 2. The molecule has 3 heterocycles. The summed E-state index contributed by atoms with van der Waals surface area (Å²) in [4.78, 5) is 24.6. The molecule has 1 aromatic carbocycles. The first-order valence-corrected chi connectivity index (χ1v) is 7.15. The molecule has 1 amide bonds. The van der Waals surface area contributed by atoms with Crippen LogP contribution >= 0.6 is 0 Å². The van der Waals surface area contributed by atoms with Crippen LogP contribution in [0.15, 0.2) is 36.8 Å². The number of rotatable bonds is 4. The van der Waals surface area contributed by atoms with Crippen LogP contribution in [0.1, 0.15) is 16.2 Å². The average Bonchev–Trinajstić information content (AvgIpc) is 3.29. The molecule has 0 fully saturated rings. The first-order chi connectivity index (χ1) is 11.8. The lowest BCUT2D eigenvalue weighted by atomic mass is 10.2. The van der Waals surface area contributed by atoms with Crippen molar-refractivity contribution in [3.63, 3.8) is 0 Å². The summed E-state index contributed by atoms with van der Waals surface area (Å²) in [6.07, 6.45) is 4.70. The number of nitrogens with zero attached hydrogens (tertiary/aromatic N) is 4. The summed E-state index contributed by atoms with van der Waals surface area (Å²) in [6, 6.07) is 5.02. The molecule has 1 aliphatic heterocycles. The summed E-state index contributed by atoms with van der Waals surface area (Å²) in [6.45, 7) is 0.379. The van der Waals surface area contributed by atoms with Crippen molar-refractivity contribution in [2.75, 3.05) is 6.79 Å². The van der Waals surface area contributed by atoms with Gasteiger partial charge in [-0.2, -0.15) is 5.10 Å². The second-order valence-electron chi connectivity index (χ2n) is 4.95. The van der Waals surface area contributed by atoms with Crippen molar-refractivity contribution < 1.29 is 14.3 Å². The Labute approximate surface area is 136 Å². The number of fused-ring (bicyclic) bond motifs is 1. The minimum atomic E-state index is -0.245. The summed E-state index contributed by atoms with van der Waals surface area (Å²) in [7, 11) is 0. The molecule has 3 aromatic rings. The molecule has 24 heavy (non-hydrogen) atoms. The minimum absolute atomic E-state index is 0.170. The van der Waals surface area contributed by atoms with Gasteiger partial charge in [-0.25, -0.2) is 9.97 Å². The van der Waals surface area contributed by atoms with Crippen LogP contribution < -0.4 is 14.8 Å². The maximum Gasteiger partial charge on any atom is 0.251 e. The fourth-order valence-corrected chi connectivity index (χ4v) is 2.21. The first-order valence-electron chi connectivity index (χ1n) is 7.15. The van der Waals surface area contributed by atoms with Crippen molar-refractivity contribution in [2.24, 2.45) is 0 Å². The molecule has 0 saturated heterocycles. The SMILES string of the molecule is O=C(NCc1nc(-c2cnccn2)n[nH]1)c1ccc2c(c1)OCO2. The molecule has 9 heteroatoms. The number of carbonyl (C=O) groups is 1. The van der Waals surface area contributed by atoms with Crippen LogP contribution in [0, 0.1) is 0 Å². The van der Waals surface area contributed by atoms with Gasteiger partial charge in [0.2, 0.25) is 12.6 Å². The van der Waals surface area contributed by atoms with Crippen molar-refractivity contribution in [3.8, 4) is 23.0 Å². The van der Waals surface area contributed by atoms with E-state index in [-0.39, 0.29) is 19.2 Å². The van der Waals surface area contributed by atoms with E-state index in [0.717, 1.165) is 0 Å². The fourth-order valence-electron chi connectivity index (χ4n) is 2.21. The number of hydrogen-bond donors (Lipinski definition) is 2. The van der Waals surface area contributed by atoms with Crippen LogP contribution in [0.3, 0.4) is 0 Å². The number of amides is 1. The second kappa shape index (κ2) is 5.95. The van der Waals surface area contributed by atoms with Gasteiger partial charge in [-0.3, -0.25) is 14.9 Å². The van der Waals surface area contributed by atoms with Gasteiger partial charge in [-0.1, -0.05) is 0 Å². The lowest BCUT2D eigenvalue weighted by molar-refractivity contribution is 0.0949. The smallest absolute Gasteiger partial charge is 0.251 e. The van der Waals surface area contributed by atoms with Gasteiger partial charge in [-0.05, 0) is 18.2 Å². The third-order valence-corrected chi connectivity index (χ3v) is 3.38. The number of hydrogen-bond acceptors (Lipinski definition) is 7. The molecule has 0 radical (unpaired) electrons. The van der Waals surface area contributed by atoms with Gasteiger partial charge >= 0.3 is 0 Å². The van der Waals surface area contributed by atoms with E-state index < -0.39 is 0 Å². The van der Waals surface area contributed by atoms with E-state index in [4.69, 9.17) is 9.47 Å². The summed E-state index contributed by atoms with van der Waals surface area (Å²) >= 11 is 0. The van der Waals surface area contributed by atoms with Gasteiger partial charge in [-0.15, -0.1) is 0 Å². The molecule has 2 N–H and O–H groups in total. The zero-order valence-corrected chi connectivity index (χ0v) is 12.4. The quantitative estimate of drug-likeness (QED) is 0.733. The van der Waals surface area contributed by atoms with E-state index >= 15 is 0 Å². The van der Waals surface area contributed by atoms with Gasteiger partial charge < -0.3 is 14.8 Å². The van der Waals surface area contributed by atoms with Crippen LogP contribution in [0.4, 0.5) is 0 Å². The number of H-pyrrole nitrogens is 1. The van der Waals surface area contributed by atoms with Crippen LogP contribution in [0.5, 0.6) is 11.5 Å². The van der Waals surface area contributed by atoms with E-state index in [1.807, 2.05) is 0 Å². The standard InChI is InChI=1S/C15H12N6O3/c22-15(9-1-2-11-12(5-9)24-8-23-11)18-7-13-19-14(21-20-13)10-6-16-3-4-17-10/h1-6H,7-8H2,(H,18,22)(H,19,20,21). The topological polar surface area (TPSA) is 115 Å². The van der Waals surface area contributed by atoms with E-state index in [1.165, 1.54) is 0 Å². The van der Waals surface area contributed by atoms with Crippen molar-refractivity contribution >= 4 is 5.91 Å². The summed E-state index contributed by atoms with van der Waals surface area (Å²) in [5.41, 5.74) is 1.04. The number of aromatic nitrogens is 5. The lowest BCUT2D eigenvalue weighted by Gasteiger charge is -2.04. The number of benzene rings is 1. The second-order valence-corrected chi connectivity index (χ2v) is 4.95. The van der Waals surface area contributed by atoms with Crippen molar-refractivity contribution in [1.82, 2.24) is 30.5 Å². The third-order valence-electron chi connectivity index (χ3n) is 3.38. The molecular weight excluding hydrogens is 312 g/mol. The predicted molar refractivity (Wildman–Crippen MR) is 81.1 cm³/mol. The Hall–Kier alpha value is -3.49. The third kappa shape index (κ3) is 2.74. The number of aromatic amines is 1. The predicted octanol–water partition coefficient (Wildman–Crippen LogP) is 0.920. The highest BCUT2D eigenvalue weighted by Gasteiger charge is 2.16. The van der Waals surface area contributed by atoms with Gasteiger partial charge in [0.1, 0.15) is 11.5 Å². The van der Waals surface area contributed by atoms with Gasteiger partial charge in [0, 0.05) is 18.0 Å². The van der Waals surface area contributed by atoms with Crippen molar-refractivity contribution in [3.05, 3.63) is 48.2 Å². The Bertz CT molecular complexity index is 880. The van der Waals surface area contributed by atoms with Crippen LogP contribution in [0.25, 0.3) is 11.5 Å². The summed E-state index contributed by atoms with van der Waals surface area (Å²) < 4.78 is 10.5. The monoisotopic (exact) mass is 324 g/mol. The maximum atomic E-state index is 12.2. The van der Waals surface area contributed by atoms with Crippen molar-refractivity contribution in [2.45, 2.75) is 6.54 Å². The molecule has 1 aliphatic rings. The molecule has 0 saturated carbocycles. The summed E-state index contributed by atoms with van der Waals surface area (Å²) in [5.74, 6) is 1.90. The molecule has 2 aromatic heterocycles. The molecule has 4 rings (SSSR count). The molecule has 0 spiro atoms. The van der Waals surface area contributed by atoms with Gasteiger partial charge in [0.05, 0.1) is 12.7 Å². The summed E-state index contributed by atoms with van der Waals surface area (Å²) in [5, 5.41) is 9.59. The molecular formula is C15H12N6O3. The highest BCUT2D eigenvalue weighted by molar-refractivity contribution is 5.94. The minimum Gasteiger partial charge on any atom is -0.454 e. The fraction of sp³-hybridized carbons (Fsp3) is 0.133. The van der Waals surface area contributed by atoms with Gasteiger partial charge in [0.15, 0.2) is 11.5 Å². The Kier molecular flexibility index (Phi) is 3.50. The van der Waals surface area contributed by atoms with E-state index in [1.54, 1.807) is 36.8 Å². The highest BCUT2D eigenvalue weighted by atomic mass is 16.7. The Morgan fingerprint density at radius 3 is 3.04 bits per heavy atom. The van der Waals surface area contributed by atoms with Gasteiger partial charge in [0.25, 0.3) is 5.91 Å². The molecule has 0 unspecified atom stereocenters. The zero-order valence-electron chi connectivity index (χ0n) is 12.4. The normalized spacial score (nSPS) is 12.2. The molecule has 120 valence electrons. The molecule has 0 bridgehead atoms. The number of carbonyl (C=O) groups excluding carboxylic acids is 1. The van der Waals surface area contributed by atoms with Crippen LogP contribution in [0.2, 0.25) is 0 Å². The van der Waals surface area contributed by atoms with E-state index in [2.05, 4.69) is 30.5 Å². The first kappa shape index (κ1) is 14.1. The highest BCUT2D eigenvalue weighted by Crippen LogP contribution is 2.32. The maximum absolute atomic E-state index is 12.2. The Morgan fingerprint density at radius 2 is 2.17 bits per heavy atom.